The van der Waals surface area contributed by atoms with Crippen LogP contribution in [-0.4, -0.2) is 23.1 Å². The Balaban J connectivity index is 1.83. The molecule has 2 aromatic carbocycles. The summed E-state index contributed by atoms with van der Waals surface area (Å²) in [5.74, 6) is 0. The summed E-state index contributed by atoms with van der Waals surface area (Å²) in [5.41, 5.74) is 1.13. The molecule has 0 aliphatic heterocycles. The number of nitro groups is 1. The summed E-state index contributed by atoms with van der Waals surface area (Å²) in [6, 6.07) is 10.8. The van der Waals surface area contributed by atoms with Gasteiger partial charge in [-0.3, -0.25) is 19.5 Å². The Morgan fingerprint density at radius 3 is 2.56 bits per heavy atom. The summed E-state index contributed by atoms with van der Waals surface area (Å²) >= 11 is 5.96. The third-order valence-corrected chi connectivity index (χ3v) is 5.66. The first-order valence-corrected chi connectivity index (χ1v) is 9.66. The van der Waals surface area contributed by atoms with E-state index in [0.717, 1.165) is 11.6 Å². The van der Waals surface area contributed by atoms with E-state index in [9.17, 15) is 18.5 Å². The topological polar surface area (TPSA) is 107 Å². The Morgan fingerprint density at radius 1 is 1.26 bits per heavy atom. The first-order chi connectivity index (χ1) is 12.8. The Labute approximate surface area is 160 Å². The number of rotatable bonds is 6. The second kappa shape index (κ2) is 7.37. The fourth-order valence-corrected chi connectivity index (χ4v) is 3.84. The molecule has 0 bridgehead atoms. The van der Waals surface area contributed by atoms with E-state index in [0.29, 0.717) is 12.2 Å². The van der Waals surface area contributed by atoms with Crippen molar-refractivity contribution in [3.05, 3.63) is 81.1 Å². The largest absolute Gasteiger partial charge is 0.280 e. The van der Waals surface area contributed by atoms with Crippen LogP contribution >= 0.6 is 11.6 Å². The van der Waals surface area contributed by atoms with E-state index in [2.05, 4.69) is 9.82 Å². The fraction of sp³-hybridized carbons (Fsp3) is 0.118. The van der Waals surface area contributed by atoms with Gasteiger partial charge in [-0.25, -0.2) is 8.42 Å². The summed E-state index contributed by atoms with van der Waals surface area (Å²) in [5, 5.41) is 15.2. The first-order valence-electron chi connectivity index (χ1n) is 7.80. The minimum Gasteiger partial charge on any atom is -0.280 e. The van der Waals surface area contributed by atoms with Crippen LogP contribution in [0.1, 0.15) is 11.1 Å². The fourth-order valence-electron chi connectivity index (χ4n) is 2.46. The van der Waals surface area contributed by atoms with Crippen LogP contribution in [0.4, 0.5) is 11.4 Å². The van der Waals surface area contributed by atoms with Gasteiger partial charge in [0, 0.05) is 29.7 Å². The average molecular weight is 407 g/mol. The molecule has 0 unspecified atom stereocenters. The van der Waals surface area contributed by atoms with Gasteiger partial charge in [0.2, 0.25) is 0 Å². The van der Waals surface area contributed by atoms with E-state index >= 15 is 0 Å². The number of benzene rings is 2. The van der Waals surface area contributed by atoms with Gasteiger partial charge < -0.3 is 0 Å². The minimum atomic E-state index is -4.03. The van der Waals surface area contributed by atoms with Crippen molar-refractivity contribution in [2.75, 3.05) is 4.72 Å². The number of hydrogen-bond acceptors (Lipinski definition) is 5. The lowest BCUT2D eigenvalue weighted by Crippen LogP contribution is -2.13. The number of halogens is 1. The third kappa shape index (κ3) is 4.26. The van der Waals surface area contributed by atoms with Crippen molar-refractivity contribution >= 4 is 33.0 Å². The summed E-state index contributed by atoms with van der Waals surface area (Å²) in [7, 11) is -4.03. The predicted molar refractivity (Wildman–Crippen MR) is 101 cm³/mol. The Hall–Kier alpha value is -2.91. The third-order valence-electron chi connectivity index (χ3n) is 3.91. The molecule has 0 spiro atoms. The van der Waals surface area contributed by atoms with Crippen LogP contribution in [0, 0.1) is 17.0 Å². The van der Waals surface area contributed by atoms with E-state index in [4.69, 9.17) is 11.6 Å². The van der Waals surface area contributed by atoms with Crippen LogP contribution in [0.25, 0.3) is 0 Å². The number of anilines is 1. The molecule has 1 heterocycles. The number of nitrogens with zero attached hydrogens (tertiary/aromatic N) is 3. The molecule has 0 atom stereocenters. The monoisotopic (exact) mass is 406 g/mol. The highest BCUT2D eigenvalue weighted by atomic mass is 35.5. The Morgan fingerprint density at radius 2 is 1.96 bits per heavy atom. The number of sulfonamides is 1. The van der Waals surface area contributed by atoms with Crippen LogP contribution in [0.5, 0.6) is 0 Å². The zero-order valence-electron chi connectivity index (χ0n) is 14.2. The number of aromatic nitrogens is 2. The number of nitrogens with one attached hydrogen (secondary N) is 1. The zero-order chi connectivity index (χ0) is 19.6. The highest BCUT2D eigenvalue weighted by Crippen LogP contribution is 2.30. The maximum absolute atomic E-state index is 12.6. The molecule has 0 aliphatic rings. The van der Waals surface area contributed by atoms with Crippen LogP contribution in [0.3, 0.4) is 0 Å². The average Bonchev–Trinajstić information content (AvgIpc) is 3.11. The highest BCUT2D eigenvalue weighted by molar-refractivity contribution is 7.92. The van der Waals surface area contributed by atoms with E-state index in [1.165, 1.54) is 13.0 Å². The molecule has 0 amide bonds. The van der Waals surface area contributed by atoms with Crippen molar-refractivity contribution in [1.29, 1.82) is 0 Å². The molecule has 10 heteroatoms. The van der Waals surface area contributed by atoms with Crippen molar-refractivity contribution in [3.8, 4) is 0 Å². The van der Waals surface area contributed by atoms with E-state index in [-0.39, 0.29) is 21.2 Å². The first kappa shape index (κ1) is 18.9. The Kier molecular flexibility index (Phi) is 5.15. The van der Waals surface area contributed by atoms with E-state index in [1.807, 2.05) is 12.3 Å². The van der Waals surface area contributed by atoms with Crippen molar-refractivity contribution in [2.45, 2.75) is 18.4 Å². The van der Waals surface area contributed by atoms with Crippen molar-refractivity contribution in [1.82, 2.24) is 9.78 Å². The van der Waals surface area contributed by atoms with Gasteiger partial charge in [0.1, 0.15) is 0 Å². The van der Waals surface area contributed by atoms with Gasteiger partial charge in [-0.2, -0.15) is 5.10 Å². The molecule has 1 aromatic heterocycles. The van der Waals surface area contributed by atoms with Gasteiger partial charge in [-0.1, -0.05) is 23.7 Å². The molecule has 0 saturated heterocycles. The lowest BCUT2D eigenvalue weighted by molar-refractivity contribution is -0.385. The second-order valence-electron chi connectivity index (χ2n) is 5.81. The minimum absolute atomic E-state index is 0.0131. The van der Waals surface area contributed by atoms with Gasteiger partial charge >= 0.3 is 0 Å². The molecule has 0 radical (unpaired) electrons. The van der Waals surface area contributed by atoms with Crippen molar-refractivity contribution < 1.29 is 13.3 Å². The lowest BCUT2D eigenvalue weighted by Gasteiger charge is -2.10. The molecular weight excluding hydrogens is 392 g/mol. The highest BCUT2D eigenvalue weighted by Gasteiger charge is 2.22. The van der Waals surface area contributed by atoms with Crippen LogP contribution in [-0.2, 0) is 16.6 Å². The van der Waals surface area contributed by atoms with Crippen LogP contribution in [0.2, 0.25) is 5.02 Å². The van der Waals surface area contributed by atoms with Crippen LogP contribution in [0.15, 0.2) is 59.8 Å². The van der Waals surface area contributed by atoms with E-state index < -0.39 is 14.9 Å². The van der Waals surface area contributed by atoms with Gasteiger partial charge in [0.05, 0.1) is 21.4 Å². The summed E-state index contributed by atoms with van der Waals surface area (Å²) in [6.07, 6.45) is 3.50. The molecule has 3 aromatic rings. The molecular formula is C17H15ClN4O4S. The van der Waals surface area contributed by atoms with Gasteiger partial charge in [-0.05, 0) is 36.8 Å². The molecule has 8 nitrogen and oxygen atoms in total. The molecule has 0 fully saturated rings. The van der Waals surface area contributed by atoms with Gasteiger partial charge in [0.15, 0.2) is 0 Å². The summed E-state index contributed by atoms with van der Waals surface area (Å²) < 4.78 is 29.3. The van der Waals surface area contributed by atoms with E-state index in [1.54, 1.807) is 35.1 Å². The van der Waals surface area contributed by atoms with Gasteiger partial charge in [-0.15, -0.1) is 0 Å². The standard InChI is InChI=1S/C17H15ClN4O4S/c1-12-16(18)9-15(10-17(12)22(23)24)27(25,26)20-14-5-3-13(4-6-14)11-21-8-2-7-19-21/h2-10,20H,11H2,1H3. The Bertz CT molecular complexity index is 1080. The quantitative estimate of drug-likeness (QED) is 0.497. The van der Waals surface area contributed by atoms with Crippen molar-refractivity contribution in [2.24, 2.45) is 0 Å². The SMILES string of the molecule is Cc1c(Cl)cc(S(=O)(=O)Nc2ccc(Cn3cccn3)cc2)cc1[N+](=O)[O-]. The lowest BCUT2D eigenvalue weighted by atomic mass is 10.2. The molecule has 3 rings (SSSR count). The number of hydrogen-bond donors (Lipinski definition) is 1. The zero-order valence-corrected chi connectivity index (χ0v) is 15.7. The molecule has 1 N–H and O–H groups in total. The second-order valence-corrected chi connectivity index (χ2v) is 7.90. The van der Waals surface area contributed by atoms with Crippen LogP contribution < -0.4 is 4.72 Å². The maximum Gasteiger partial charge on any atom is 0.275 e. The smallest absolute Gasteiger partial charge is 0.275 e. The summed E-state index contributed by atoms with van der Waals surface area (Å²) in [4.78, 5) is 10.2. The predicted octanol–water partition coefficient (Wildman–Crippen LogP) is 3.60. The molecule has 27 heavy (non-hydrogen) atoms. The maximum atomic E-state index is 12.6. The van der Waals surface area contributed by atoms with Crippen molar-refractivity contribution in [3.63, 3.8) is 0 Å². The van der Waals surface area contributed by atoms with Gasteiger partial charge in [0.25, 0.3) is 15.7 Å². The summed E-state index contributed by atoms with van der Waals surface area (Å²) in [6.45, 7) is 2.02. The molecule has 0 saturated carbocycles. The molecule has 140 valence electrons. The number of nitro benzene ring substituents is 1. The molecule has 0 aliphatic carbocycles. The normalized spacial score (nSPS) is 11.3.